The minimum absolute atomic E-state index is 0.512. The molecule has 1 fully saturated rings. The summed E-state index contributed by atoms with van der Waals surface area (Å²) in [6.07, 6.45) is 2.36. The summed E-state index contributed by atoms with van der Waals surface area (Å²) < 4.78 is 0. The van der Waals surface area contributed by atoms with E-state index in [1.807, 2.05) is 31.2 Å². The normalized spacial score (nSPS) is 14.5. The summed E-state index contributed by atoms with van der Waals surface area (Å²) >= 11 is 7.85. The molecule has 3 nitrogen and oxygen atoms in total. The van der Waals surface area contributed by atoms with Gasteiger partial charge in [-0.25, -0.2) is 9.97 Å². The average molecular weight is 306 g/mol. The number of rotatable bonds is 4. The van der Waals surface area contributed by atoms with Crippen molar-refractivity contribution >= 4 is 29.2 Å². The summed E-state index contributed by atoms with van der Waals surface area (Å²) in [5.74, 6) is 2.80. The number of thioether (sulfide) groups is 1. The Morgan fingerprint density at radius 1 is 1.30 bits per heavy atom. The van der Waals surface area contributed by atoms with Crippen LogP contribution in [0.25, 0.3) is 0 Å². The summed E-state index contributed by atoms with van der Waals surface area (Å²) in [4.78, 5) is 9.06. The SMILES string of the molecule is Cc1c(N)nc(C2CC2)nc1SCc1ccccc1Cl. The number of halogens is 1. The van der Waals surface area contributed by atoms with Gasteiger partial charge in [-0.2, -0.15) is 0 Å². The first-order valence-corrected chi connectivity index (χ1v) is 8.01. The monoisotopic (exact) mass is 305 g/mol. The first kappa shape index (κ1) is 13.7. The molecule has 1 aliphatic carbocycles. The van der Waals surface area contributed by atoms with E-state index in [1.54, 1.807) is 11.8 Å². The van der Waals surface area contributed by atoms with E-state index < -0.39 is 0 Å². The summed E-state index contributed by atoms with van der Waals surface area (Å²) in [6.45, 7) is 1.97. The van der Waals surface area contributed by atoms with Gasteiger partial charge < -0.3 is 5.73 Å². The highest BCUT2D eigenvalue weighted by atomic mass is 35.5. The van der Waals surface area contributed by atoms with Crippen molar-refractivity contribution < 1.29 is 0 Å². The van der Waals surface area contributed by atoms with Crippen LogP contribution in [0.4, 0.5) is 5.82 Å². The molecule has 1 aromatic carbocycles. The minimum Gasteiger partial charge on any atom is -0.383 e. The second kappa shape index (κ2) is 5.62. The maximum absolute atomic E-state index is 6.18. The molecule has 20 heavy (non-hydrogen) atoms. The predicted molar refractivity (Wildman–Crippen MR) is 84.2 cm³/mol. The highest BCUT2D eigenvalue weighted by Gasteiger charge is 2.27. The largest absolute Gasteiger partial charge is 0.383 e. The van der Waals surface area contributed by atoms with Gasteiger partial charge in [0.25, 0.3) is 0 Å². The van der Waals surface area contributed by atoms with E-state index in [0.717, 1.165) is 32.8 Å². The number of nitrogens with two attached hydrogens (primary N) is 1. The number of aromatic nitrogens is 2. The summed E-state index contributed by atoms with van der Waals surface area (Å²) in [5.41, 5.74) is 8.07. The van der Waals surface area contributed by atoms with E-state index >= 15 is 0 Å². The zero-order valence-corrected chi connectivity index (χ0v) is 12.8. The van der Waals surface area contributed by atoms with Crippen molar-refractivity contribution in [3.63, 3.8) is 0 Å². The molecular weight excluding hydrogens is 290 g/mol. The standard InChI is InChI=1S/C15H16ClN3S/c1-9-13(17)18-14(10-6-7-10)19-15(9)20-8-11-4-2-3-5-12(11)16/h2-5,10H,6-8H2,1H3,(H2,17,18,19). The van der Waals surface area contributed by atoms with Crippen LogP contribution in [0.2, 0.25) is 5.02 Å². The molecule has 3 rings (SSSR count). The van der Waals surface area contributed by atoms with Crippen molar-refractivity contribution in [3.05, 3.63) is 46.2 Å². The third-order valence-electron chi connectivity index (χ3n) is 3.42. The number of hydrogen-bond donors (Lipinski definition) is 1. The van der Waals surface area contributed by atoms with Gasteiger partial charge in [-0.15, -0.1) is 11.8 Å². The van der Waals surface area contributed by atoms with E-state index in [4.69, 9.17) is 17.3 Å². The molecule has 0 bridgehead atoms. The molecule has 0 aliphatic heterocycles. The van der Waals surface area contributed by atoms with Crippen LogP contribution in [-0.4, -0.2) is 9.97 Å². The third-order valence-corrected chi connectivity index (χ3v) is 4.92. The van der Waals surface area contributed by atoms with Crippen LogP contribution in [-0.2, 0) is 5.75 Å². The van der Waals surface area contributed by atoms with Gasteiger partial charge in [-0.3, -0.25) is 0 Å². The Labute approximate surface area is 128 Å². The zero-order valence-electron chi connectivity index (χ0n) is 11.3. The molecule has 1 aromatic heterocycles. The van der Waals surface area contributed by atoms with Crippen molar-refractivity contribution in [2.75, 3.05) is 5.73 Å². The van der Waals surface area contributed by atoms with Gasteiger partial charge in [0, 0.05) is 22.3 Å². The number of anilines is 1. The molecule has 1 aliphatic rings. The fraction of sp³-hybridized carbons (Fsp3) is 0.333. The second-order valence-corrected chi connectivity index (χ2v) is 6.42. The van der Waals surface area contributed by atoms with Crippen molar-refractivity contribution in [2.24, 2.45) is 0 Å². The Morgan fingerprint density at radius 3 is 2.75 bits per heavy atom. The van der Waals surface area contributed by atoms with Crippen LogP contribution in [0.3, 0.4) is 0 Å². The Morgan fingerprint density at radius 2 is 2.05 bits per heavy atom. The van der Waals surface area contributed by atoms with Gasteiger partial charge in [0.15, 0.2) is 0 Å². The number of benzene rings is 1. The maximum atomic E-state index is 6.18. The number of nitrogens with zero attached hydrogens (tertiary/aromatic N) is 2. The van der Waals surface area contributed by atoms with Crippen LogP contribution in [0, 0.1) is 6.92 Å². The quantitative estimate of drug-likeness (QED) is 0.679. The van der Waals surface area contributed by atoms with Gasteiger partial charge in [-0.1, -0.05) is 29.8 Å². The van der Waals surface area contributed by atoms with Gasteiger partial charge in [-0.05, 0) is 31.4 Å². The Bertz CT molecular complexity index is 641. The molecule has 0 unspecified atom stereocenters. The first-order chi connectivity index (χ1) is 9.65. The summed E-state index contributed by atoms with van der Waals surface area (Å²) in [5, 5.41) is 1.77. The topological polar surface area (TPSA) is 51.8 Å². The molecule has 1 saturated carbocycles. The second-order valence-electron chi connectivity index (χ2n) is 5.05. The van der Waals surface area contributed by atoms with Gasteiger partial charge in [0.1, 0.15) is 16.7 Å². The minimum atomic E-state index is 0.512. The smallest absolute Gasteiger partial charge is 0.135 e. The zero-order chi connectivity index (χ0) is 14.1. The molecule has 0 atom stereocenters. The number of nitrogen functional groups attached to an aromatic ring is 1. The average Bonchev–Trinajstić information content (AvgIpc) is 3.26. The highest BCUT2D eigenvalue weighted by Crippen LogP contribution is 2.40. The molecule has 2 N–H and O–H groups in total. The summed E-state index contributed by atoms with van der Waals surface area (Å²) in [6, 6.07) is 7.89. The Balaban J connectivity index is 1.81. The summed E-state index contributed by atoms with van der Waals surface area (Å²) in [7, 11) is 0. The highest BCUT2D eigenvalue weighted by molar-refractivity contribution is 7.98. The molecule has 5 heteroatoms. The van der Waals surface area contributed by atoms with Crippen LogP contribution in [0.1, 0.15) is 35.7 Å². The van der Waals surface area contributed by atoms with Crippen LogP contribution >= 0.6 is 23.4 Å². The van der Waals surface area contributed by atoms with E-state index in [2.05, 4.69) is 9.97 Å². The fourth-order valence-corrected chi connectivity index (χ4v) is 3.26. The predicted octanol–water partition coefficient (Wildman–Crippen LogP) is 4.19. The van der Waals surface area contributed by atoms with E-state index in [0.29, 0.717) is 11.7 Å². The van der Waals surface area contributed by atoms with E-state index in [9.17, 15) is 0 Å². The lowest BCUT2D eigenvalue weighted by Crippen LogP contribution is -2.03. The molecule has 0 amide bonds. The van der Waals surface area contributed by atoms with Crippen molar-refractivity contribution in [1.29, 1.82) is 0 Å². The third kappa shape index (κ3) is 2.91. The van der Waals surface area contributed by atoms with Crippen molar-refractivity contribution in [1.82, 2.24) is 9.97 Å². The molecule has 104 valence electrons. The lowest BCUT2D eigenvalue weighted by atomic mass is 10.2. The Kier molecular flexibility index (Phi) is 3.85. The first-order valence-electron chi connectivity index (χ1n) is 6.65. The van der Waals surface area contributed by atoms with Crippen LogP contribution in [0.5, 0.6) is 0 Å². The van der Waals surface area contributed by atoms with Gasteiger partial charge >= 0.3 is 0 Å². The van der Waals surface area contributed by atoms with Gasteiger partial charge in [0.2, 0.25) is 0 Å². The van der Waals surface area contributed by atoms with Gasteiger partial charge in [0.05, 0.1) is 0 Å². The lowest BCUT2D eigenvalue weighted by molar-refractivity contribution is 0.868. The maximum Gasteiger partial charge on any atom is 0.135 e. The van der Waals surface area contributed by atoms with E-state index in [1.165, 1.54) is 12.8 Å². The van der Waals surface area contributed by atoms with E-state index in [-0.39, 0.29) is 0 Å². The van der Waals surface area contributed by atoms with Crippen LogP contribution in [0.15, 0.2) is 29.3 Å². The molecule has 2 aromatic rings. The lowest BCUT2D eigenvalue weighted by Gasteiger charge is -2.10. The molecule has 0 saturated heterocycles. The van der Waals surface area contributed by atoms with Crippen LogP contribution < -0.4 is 5.73 Å². The fourth-order valence-electron chi connectivity index (χ4n) is 1.96. The van der Waals surface area contributed by atoms with Crippen molar-refractivity contribution in [3.8, 4) is 0 Å². The Hall–Kier alpha value is -1.26. The molecule has 1 heterocycles. The van der Waals surface area contributed by atoms with Crippen molar-refractivity contribution in [2.45, 2.75) is 36.5 Å². The molecule has 0 spiro atoms. The number of hydrogen-bond acceptors (Lipinski definition) is 4. The molecule has 0 radical (unpaired) electrons. The molecular formula is C15H16ClN3S.